The van der Waals surface area contributed by atoms with Crippen LogP contribution in [0.2, 0.25) is 0 Å². The number of para-hydroxylation sites is 2. The maximum absolute atomic E-state index is 13.5. The molecule has 2 aromatic carbocycles. The zero-order chi connectivity index (χ0) is 30.5. The van der Waals surface area contributed by atoms with E-state index in [1.165, 1.54) is 0 Å². The van der Waals surface area contributed by atoms with Crippen LogP contribution >= 0.6 is 0 Å². The number of amides is 4. The highest BCUT2D eigenvalue weighted by atomic mass is 16.6. The molecule has 6 rings (SSSR count). The second-order valence-electron chi connectivity index (χ2n) is 12.1. The summed E-state index contributed by atoms with van der Waals surface area (Å²) in [5, 5.41) is 6.83. The van der Waals surface area contributed by atoms with Gasteiger partial charge in [0.1, 0.15) is 17.2 Å². The van der Waals surface area contributed by atoms with Crippen molar-refractivity contribution in [2.45, 2.75) is 58.1 Å². The van der Waals surface area contributed by atoms with Crippen molar-refractivity contribution in [3.8, 4) is 0 Å². The summed E-state index contributed by atoms with van der Waals surface area (Å²) in [4.78, 5) is 57.4. The predicted octanol–water partition coefficient (Wildman–Crippen LogP) is 5.10. The number of aromatic nitrogens is 1. The van der Waals surface area contributed by atoms with E-state index in [0.29, 0.717) is 48.2 Å². The first kappa shape index (κ1) is 28.3. The zero-order valence-electron chi connectivity index (χ0n) is 24.6. The Hall–Kier alpha value is -4.86. The van der Waals surface area contributed by atoms with Gasteiger partial charge in [0.2, 0.25) is 5.91 Å². The van der Waals surface area contributed by atoms with Crippen LogP contribution in [-0.4, -0.2) is 58.4 Å². The highest BCUT2D eigenvalue weighted by Crippen LogP contribution is 2.43. The van der Waals surface area contributed by atoms with E-state index < -0.39 is 29.6 Å². The van der Waals surface area contributed by atoms with E-state index in [1.807, 2.05) is 42.5 Å². The van der Waals surface area contributed by atoms with Gasteiger partial charge in [-0.3, -0.25) is 19.7 Å². The van der Waals surface area contributed by atoms with E-state index in [4.69, 9.17) is 9.15 Å². The molecule has 10 heteroatoms. The van der Waals surface area contributed by atoms with Crippen molar-refractivity contribution in [1.29, 1.82) is 0 Å². The number of nitrogens with one attached hydrogen (secondary N) is 3. The summed E-state index contributed by atoms with van der Waals surface area (Å²) in [6.07, 6.45) is 2.21. The minimum absolute atomic E-state index is 0.00257. The molecule has 2 aromatic heterocycles. The SMILES string of the molecule is C[C@H](NC(=O)OC(C)(C)C)C(=O)N1CCC(c2[nH]c3ccccc3c2C2=C(c3cccc4ccoc34)C(=O)NC2=O)CC1. The van der Waals surface area contributed by atoms with Gasteiger partial charge < -0.3 is 24.4 Å². The summed E-state index contributed by atoms with van der Waals surface area (Å²) in [6, 6.07) is 14.4. The predicted molar refractivity (Wildman–Crippen MR) is 162 cm³/mol. The molecular formula is C33H34N4O6. The van der Waals surface area contributed by atoms with Gasteiger partial charge in [0.15, 0.2) is 0 Å². The van der Waals surface area contributed by atoms with Crippen LogP contribution in [0.5, 0.6) is 0 Å². The number of likely N-dealkylation sites (tertiary alicyclic amines) is 1. The normalized spacial score (nSPS) is 17.1. The highest BCUT2D eigenvalue weighted by molar-refractivity contribution is 6.50. The quantitative estimate of drug-likeness (QED) is 0.281. The summed E-state index contributed by atoms with van der Waals surface area (Å²) in [6.45, 7) is 7.90. The molecule has 0 spiro atoms. The van der Waals surface area contributed by atoms with Gasteiger partial charge in [0.25, 0.3) is 11.8 Å². The van der Waals surface area contributed by atoms with E-state index in [0.717, 1.165) is 22.0 Å². The summed E-state index contributed by atoms with van der Waals surface area (Å²) < 4.78 is 11.0. The monoisotopic (exact) mass is 582 g/mol. The lowest BCUT2D eigenvalue weighted by Crippen LogP contribution is -2.50. The number of furan rings is 1. The molecule has 222 valence electrons. The van der Waals surface area contributed by atoms with Crippen LogP contribution in [0.25, 0.3) is 33.0 Å². The van der Waals surface area contributed by atoms with Crippen LogP contribution in [0.15, 0.2) is 59.2 Å². The first-order chi connectivity index (χ1) is 20.5. The number of piperidine rings is 1. The maximum atomic E-state index is 13.5. The number of fused-ring (bicyclic) bond motifs is 2. The third kappa shape index (κ3) is 5.29. The van der Waals surface area contributed by atoms with E-state index in [2.05, 4.69) is 15.6 Å². The molecule has 4 heterocycles. The molecule has 0 bridgehead atoms. The van der Waals surface area contributed by atoms with Crippen LogP contribution in [0.3, 0.4) is 0 Å². The van der Waals surface area contributed by atoms with Gasteiger partial charge in [-0.25, -0.2) is 4.79 Å². The Bertz CT molecular complexity index is 1800. The molecule has 2 aliphatic rings. The highest BCUT2D eigenvalue weighted by Gasteiger charge is 2.38. The number of H-pyrrole nitrogens is 1. The number of benzene rings is 2. The van der Waals surface area contributed by atoms with Crippen molar-refractivity contribution in [3.63, 3.8) is 0 Å². The second-order valence-corrected chi connectivity index (χ2v) is 12.1. The number of hydrogen-bond acceptors (Lipinski definition) is 6. The van der Waals surface area contributed by atoms with Crippen molar-refractivity contribution in [2.24, 2.45) is 0 Å². The summed E-state index contributed by atoms with van der Waals surface area (Å²) in [5.74, 6) is -1.10. The molecule has 0 radical (unpaired) electrons. The van der Waals surface area contributed by atoms with Crippen LogP contribution in [0.1, 0.15) is 63.3 Å². The number of hydrogen-bond donors (Lipinski definition) is 3. The average Bonchev–Trinajstić information content (AvgIpc) is 3.66. The number of alkyl carbamates (subject to hydrolysis) is 1. The van der Waals surface area contributed by atoms with Gasteiger partial charge in [0, 0.05) is 52.1 Å². The lowest BCUT2D eigenvalue weighted by atomic mass is 9.86. The Morgan fingerprint density at radius 1 is 1.00 bits per heavy atom. The molecule has 2 aliphatic heterocycles. The molecule has 0 unspecified atom stereocenters. The number of imide groups is 1. The first-order valence-corrected chi connectivity index (χ1v) is 14.5. The molecule has 1 atom stereocenters. The molecule has 0 saturated carbocycles. The Kier molecular flexibility index (Phi) is 7.07. The molecule has 10 nitrogen and oxygen atoms in total. The summed E-state index contributed by atoms with van der Waals surface area (Å²) in [7, 11) is 0. The van der Waals surface area contributed by atoms with Gasteiger partial charge in [0.05, 0.1) is 17.4 Å². The number of carbonyl (C=O) groups excluding carboxylic acids is 4. The van der Waals surface area contributed by atoms with E-state index in [9.17, 15) is 19.2 Å². The minimum atomic E-state index is -0.736. The van der Waals surface area contributed by atoms with Crippen molar-refractivity contribution < 1.29 is 28.3 Å². The van der Waals surface area contributed by atoms with Gasteiger partial charge in [-0.1, -0.05) is 36.4 Å². The molecule has 0 aliphatic carbocycles. The molecular weight excluding hydrogens is 548 g/mol. The number of rotatable bonds is 5. The van der Waals surface area contributed by atoms with Crippen LogP contribution < -0.4 is 10.6 Å². The van der Waals surface area contributed by atoms with Crippen LogP contribution in [-0.2, 0) is 19.1 Å². The minimum Gasteiger partial charge on any atom is -0.464 e. The topological polar surface area (TPSA) is 134 Å². The fourth-order valence-corrected chi connectivity index (χ4v) is 6.09. The Morgan fingerprint density at radius 2 is 1.72 bits per heavy atom. The molecule has 3 N–H and O–H groups in total. The van der Waals surface area contributed by atoms with E-state index >= 15 is 0 Å². The Labute approximate surface area is 248 Å². The number of nitrogens with zero attached hydrogens (tertiary/aromatic N) is 1. The molecule has 4 amide bonds. The Balaban J connectivity index is 1.32. The molecule has 4 aromatic rings. The van der Waals surface area contributed by atoms with Gasteiger partial charge >= 0.3 is 6.09 Å². The fourth-order valence-electron chi connectivity index (χ4n) is 6.09. The Morgan fingerprint density at radius 3 is 2.47 bits per heavy atom. The van der Waals surface area contributed by atoms with Crippen molar-refractivity contribution in [1.82, 2.24) is 20.5 Å². The third-order valence-electron chi connectivity index (χ3n) is 7.98. The molecule has 43 heavy (non-hydrogen) atoms. The average molecular weight is 583 g/mol. The lowest BCUT2D eigenvalue weighted by Gasteiger charge is -2.34. The number of aromatic amines is 1. The van der Waals surface area contributed by atoms with E-state index in [-0.39, 0.29) is 17.4 Å². The van der Waals surface area contributed by atoms with Crippen molar-refractivity contribution in [3.05, 3.63) is 71.6 Å². The lowest BCUT2D eigenvalue weighted by molar-refractivity contribution is -0.134. The number of ether oxygens (including phenoxy) is 1. The van der Waals surface area contributed by atoms with Crippen LogP contribution in [0.4, 0.5) is 4.79 Å². The van der Waals surface area contributed by atoms with Gasteiger partial charge in [-0.2, -0.15) is 0 Å². The number of carbonyl (C=O) groups is 4. The zero-order valence-corrected chi connectivity index (χ0v) is 24.6. The smallest absolute Gasteiger partial charge is 0.408 e. The van der Waals surface area contributed by atoms with Crippen molar-refractivity contribution in [2.75, 3.05) is 13.1 Å². The van der Waals surface area contributed by atoms with Crippen LogP contribution in [0, 0.1) is 0 Å². The summed E-state index contributed by atoms with van der Waals surface area (Å²) >= 11 is 0. The van der Waals surface area contributed by atoms with Gasteiger partial charge in [-0.05, 0) is 52.7 Å². The van der Waals surface area contributed by atoms with Gasteiger partial charge in [-0.15, -0.1) is 0 Å². The second kappa shape index (κ2) is 10.8. The largest absolute Gasteiger partial charge is 0.464 e. The standard InChI is InChI=1S/C33H34N4O6/c1-18(34-32(41)43-33(2,3)4)31(40)37-15-12-19(13-16-37)27-24(21-9-5-6-11-23(21)35-27)26-25(29(38)36-30(26)39)22-10-7-8-20-14-17-42-28(20)22/h5-11,14,17-19,35H,12-13,15-16H2,1-4H3,(H,34,41)(H,36,38,39)/t18-/m0/s1. The molecule has 1 fully saturated rings. The summed E-state index contributed by atoms with van der Waals surface area (Å²) in [5.41, 5.74) is 3.45. The van der Waals surface area contributed by atoms with Crippen molar-refractivity contribution >= 4 is 56.8 Å². The maximum Gasteiger partial charge on any atom is 0.408 e. The van der Waals surface area contributed by atoms with E-state index in [1.54, 1.807) is 44.9 Å². The first-order valence-electron chi connectivity index (χ1n) is 14.5. The third-order valence-corrected chi connectivity index (χ3v) is 7.98. The fraction of sp³-hybridized carbons (Fsp3) is 0.333. The molecule has 1 saturated heterocycles.